The molecule has 0 aliphatic heterocycles. The summed E-state index contributed by atoms with van der Waals surface area (Å²) in [7, 11) is 0. The van der Waals surface area contributed by atoms with Gasteiger partial charge in [0.15, 0.2) is 6.61 Å². The minimum absolute atomic E-state index is 0.0418. The molecule has 3 nitrogen and oxygen atoms in total. The van der Waals surface area contributed by atoms with Crippen molar-refractivity contribution in [3.05, 3.63) is 29.8 Å². The Labute approximate surface area is 113 Å². The predicted molar refractivity (Wildman–Crippen MR) is 64.3 cm³/mol. The Morgan fingerprint density at radius 3 is 2.21 bits per heavy atom. The summed E-state index contributed by atoms with van der Waals surface area (Å²) >= 11 is 5.44. The standard InChI is InChI=1S/C12H14ClF3O3/c13-6-5-10(17)11(18)8-1-3-9(4-2-8)19-7-12(14,15)16/h1-4,10-11,17-18H,5-7H2. The molecule has 1 aromatic rings. The Bertz CT molecular complexity index is 381. The molecule has 0 aliphatic rings. The zero-order valence-corrected chi connectivity index (χ0v) is 10.7. The van der Waals surface area contributed by atoms with E-state index in [-0.39, 0.29) is 18.1 Å². The van der Waals surface area contributed by atoms with Crippen molar-refractivity contribution in [3.63, 3.8) is 0 Å². The first-order valence-corrected chi connectivity index (χ1v) is 6.08. The Morgan fingerprint density at radius 2 is 1.74 bits per heavy atom. The van der Waals surface area contributed by atoms with Crippen molar-refractivity contribution in [1.29, 1.82) is 0 Å². The van der Waals surface area contributed by atoms with Crippen molar-refractivity contribution < 1.29 is 28.1 Å². The van der Waals surface area contributed by atoms with Gasteiger partial charge in [0.1, 0.15) is 11.9 Å². The van der Waals surface area contributed by atoms with Crippen LogP contribution in [0.25, 0.3) is 0 Å². The van der Waals surface area contributed by atoms with E-state index in [0.717, 1.165) is 0 Å². The van der Waals surface area contributed by atoms with Crippen LogP contribution in [-0.4, -0.2) is 35.0 Å². The highest BCUT2D eigenvalue weighted by Crippen LogP contribution is 2.23. The third-order valence-corrected chi connectivity index (χ3v) is 2.61. The molecular formula is C12H14ClF3O3. The molecule has 7 heteroatoms. The van der Waals surface area contributed by atoms with Crippen molar-refractivity contribution in [2.75, 3.05) is 12.5 Å². The summed E-state index contributed by atoms with van der Waals surface area (Å²) in [6.07, 6.45) is -6.32. The Balaban J connectivity index is 2.60. The van der Waals surface area contributed by atoms with Crippen LogP contribution in [0, 0.1) is 0 Å². The number of ether oxygens (including phenoxy) is 1. The molecule has 0 amide bonds. The summed E-state index contributed by atoms with van der Waals surface area (Å²) in [5, 5.41) is 19.3. The maximum Gasteiger partial charge on any atom is 0.422 e. The van der Waals surface area contributed by atoms with E-state index in [4.69, 9.17) is 11.6 Å². The van der Waals surface area contributed by atoms with Crippen LogP contribution in [0.4, 0.5) is 13.2 Å². The Kier molecular flexibility index (Phi) is 5.90. The second-order valence-electron chi connectivity index (χ2n) is 3.96. The van der Waals surface area contributed by atoms with Gasteiger partial charge in [-0.15, -0.1) is 11.6 Å². The summed E-state index contributed by atoms with van der Waals surface area (Å²) in [6.45, 7) is -1.37. The van der Waals surface area contributed by atoms with Crippen LogP contribution in [0.3, 0.4) is 0 Å². The Hall–Kier alpha value is -0.980. The van der Waals surface area contributed by atoms with Gasteiger partial charge in [0.2, 0.25) is 0 Å². The summed E-state index contributed by atoms with van der Waals surface area (Å²) in [5.41, 5.74) is 0.386. The number of alkyl halides is 4. The molecule has 0 fully saturated rings. The number of hydrogen-bond donors (Lipinski definition) is 2. The quantitative estimate of drug-likeness (QED) is 0.794. The first kappa shape index (κ1) is 16.1. The van der Waals surface area contributed by atoms with Gasteiger partial charge < -0.3 is 14.9 Å². The minimum Gasteiger partial charge on any atom is -0.484 e. The number of halogens is 4. The van der Waals surface area contributed by atoms with Gasteiger partial charge >= 0.3 is 6.18 Å². The average Bonchev–Trinajstić information content (AvgIpc) is 2.35. The number of benzene rings is 1. The van der Waals surface area contributed by atoms with Gasteiger partial charge in [-0.1, -0.05) is 12.1 Å². The SMILES string of the molecule is OC(CCCl)C(O)c1ccc(OCC(F)(F)F)cc1. The van der Waals surface area contributed by atoms with E-state index in [2.05, 4.69) is 4.74 Å². The lowest BCUT2D eigenvalue weighted by Gasteiger charge is -2.17. The Morgan fingerprint density at radius 1 is 1.16 bits per heavy atom. The van der Waals surface area contributed by atoms with E-state index in [9.17, 15) is 23.4 Å². The lowest BCUT2D eigenvalue weighted by Crippen LogP contribution is -2.20. The van der Waals surface area contributed by atoms with Crippen LogP contribution in [-0.2, 0) is 0 Å². The summed E-state index contributed by atoms with van der Waals surface area (Å²) < 4.78 is 40.3. The number of hydrogen-bond acceptors (Lipinski definition) is 3. The summed E-state index contributed by atoms with van der Waals surface area (Å²) in [4.78, 5) is 0. The van der Waals surface area contributed by atoms with E-state index in [1.165, 1.54) is 24.3 Å². The summed E-state index contributed by atoms with van der Waals surface area (Å²) in [6, 6.07) is 5.40. The first-order valence-electron chi connectivity index (χ1n) is 5.55. The highest BCUT2D eigenvalue weighted by Gasteiger charge is 2.28. The summed E-state index contributed by atoms with van der Waals surface area (Å²) in [5.74, 6) is 0.241. The van der Waals surface area contributed by atoms with Crippen LogP contribution in [0.5, 0.6) is 5.75 Å². The molecule has 0 saturated heterocycles. The number of rotatable bonds is 6. The molecule has 2 atom stereocenters. The molecule has 0 aromatic heterocycles. The van der Waals surface area contributed by atoms with E-state index in [1.54, 1.807) is 0 Å². The second-order valence-corrected chi connectivity index (χ2v) is 4.34. The maximum absolute atomic E-state index is 11.9. The van der Waals surface area contributed by atoms with Gasteiger partial charge in [0, 0.05) is 5.88 Å². The normalized spacial score (nSPS) is 15.1. The van der Waals surface area contributed by atoms with Gasteiger partial charge in [-0.05, 0) is 24.1 Å². The molecule has 0 bridgehead atoms. The molecule has 0 spiro atoms. The fourth-order valence-electron chi connectivity index (χ4n) is 1.42. The van der Waals surface area contributed by atoms with Crippen LogP contribution in [0.2, 0.25) is 0 Å². The highest BCUT2D eigenvalue weighted by molar-refractivity contribution is 6.17. The molecule has 19 heavy (non-hydrogen) atoms. The molecule has 2 unspecified atom stereocenters. The molecule has 1 aromatic carbocycles. The third kappa shape index (κ3) is 5.67. The highest BCUT2D eigenvalue weighted by atomic mass is 35.5. The first-order chi connectivity index (χ1) is 8.83. The molecule has 2 N–H and O–H groups in total. The van der Waals surface area contributed by atoms with Crippen molar-refractivity contribution in [2.24, 2.45) is 0 Å². The number of aliphatic hydroxyl groups excluding tert-OH is 2. The van der Waals surface area contributed by atoms with E-state index >= 15 is 0 Å². The third-order valence-electron chi connectivity index (χ3n) is 2.39. The zero-order valence-electron chi connectivity index (χ0n) is 9.90. The van der Waals surface area contributed by atoms with Gasteiger partial charge in [0.05, 0.1) is 6.10 Å². The van der Waals surface area contributed by atoms with Crippen LogP contribution in [0.1, 0.15) is 18.1 Å². The van der Waals surface area contributed by atoms with Gasteiger partial charge in [-0.3, -0.25) is 0 Å². The molecule has 0 heterocycles. The lowest BCUT2D eigenvalue weighted by atomic mass is 10.0. The van der Waals surface area contributed by atoms with E-state index in [0.29, 0.717) is 5.56 Å². The maximum atomic E-state index is 11.9. The van der Waals surface area contributed by atoms with E-state index in [1.807, 2.05) is 0 Å². The van der Waals surface area contributed by atoms with Crippen molar-refractivity contribution >= 4 is 11.6 Å². The van der Waals surface area contributed by atoms with Crippen LogP contribution >= 0.6 is 11.6 Å². The minimum atomic E-state index is -4.39. The van der Waals surface area contributed by atoms with Crippen molar-refractivity contribution in [1.82, 2.24) is 0 Å². The van der Waals surface area contributed by atoms with E-state index < -0.39 is 25.0 Å². The molecule has 1 rings (SSSR count). The van der Waals surface area contributed by atoms with Gasteiger partial charge in [0.25, 0.3) is 0 Å². The second kappa shape index (κ2) is 6.98. The largest absolute Gasteiger partial charge is 0.484 e. The van der Waals surface area contributed by atoms with Gasteiger partial charge in [-0.25, -0.2) is 0 Å². The topological polar surface area (TPSA) is 49.7 Å². The predicted octanol–water partition coefficient (Wildman–Crippen LogP) is 2.65. The molecule has 0 saturated carbocycles. The molecule has 108 valence electrons. The molecule has 0 aliphatic carbocycles. The van der Waals surface area contributed by atoms with Crippen molar-refractivity contribution in [3.8, 4) is 5.75 Å². The van der Waals surface area contributed by atoms with Crippen molar-refractivity contribution in [2.45, 2.75) is 24.8 Å². The molecular weight excluding hydrogens is 285 g/mol. The zero-order chi connectivity index (χ0) is 14.5. The van der Waals surface area contributed by atoms with Gasteiger partial charge in [-0.2, -0.15) is 13.2 Å². The smallest absolute Gasteiger partial charge is 0.422 e. The molecule has 0 radical (unpaired) electrons. The average molecular weight is 299 g/mol. The van der Waals surface area contributed by atoms with Crippen LogP contribution < -0.4 is 4.74 Å². The fraction of sp³-hybridized carbons (Fsp3) is 0.500. The van der Waals surface area contributed by atoms with Crippen LogP contribution in [0.15, 0.2) is 24.3 Å². The fourth-order valence-corrected chi connectivity index (χ4v) is 1.64. The monoisotopic (exact) mass is 298 g/mol. The lowest BCUT2D eigenvalue weighted by molar-refractivity contribution is -0.153. The number of aliphatic hydroxyl groups is 2.